The van der Waals surface area contributed by atoms with Crippen LogP contribution in [0.1, 0.15) is 47.0 Å². The summed E-state index contributed by atoms with van der Waals surface area (Å²) >= 11 is 0. The van der Waals surface area contributed by atoms with E-state index in [0.717, 1.165) is 11.6 Å². The molecule has 0 aromatic heterocycles. The van der Waals surface area contributed by atoms with Crippen molar-refractivity contribution in [3.8, 4) is 5.75 Å². The van der Waals surface area contributed by atoms with Gasteiger partial charge in [-0.05, 0) is 24.1 Å². The number of non-ortho nitro benzene ring substituents is 1. The van der Waals surface area contributed by atoms with E-state index in [1.165, 1.54) is 17.0 Å². The number of nitro groups is 1. The van der Waals surface area contributed by atoms with Crippen LogP contribution in [0.15, 0.2) is 78.9 Å². The van der Waals surface area contributed by atoms with Gasteiger partial charge in [0.1, 0.15) is 18.4 Å². The smallest absolute Gasteiger partial charge is 0.308 e. The molecular formula is C28H27N3O7. The first-order chi connectivity index (χ1) is 18.4. The molecule has 0 spiro atoms. The second-order valence-corrected chi connectivity index (χ2v) is 8.68. The molecule has 1 aliphatic rings. The Kier molecular flexibility index (Phi) is 8.32. The van der Waals surface area contributed by atoms with Crippen LogP contribution in [-0.2, 0) is 14.3 Å². The van der Waals surface area contributed by atoms with E-state index in [2.05, 4.69) is 5.32 Å². The van der Waals surface area contributed by atoms with Crippen molar-refractivity contribution in [1.82, 2.24) is 10.2 Å². The van der Waals surface area contributed by atoms with Crippen LogP contribution in [0.3, 0.4) is 0 Å². The molecule has 38 heavy (non-hydrogen) atoms. The largest absolute Gasteiger partial charge is 0.483 e. The number of hydrogen-bond donors (Lipinski definition) is 1. The van der Waals surface area contributed by atoms with Crippen LogP contribution in [0.2, 0.25) is 0 Å². The van der Waals surface area contributed by atoms with Gasteiger partial charge in [-0.3, -0.25) is 24.5 Å². The van der Waals surface area contributed by atoms with E-state index in [9.17, 15) is 24.5 Å². The quantitative estimate of drug-likeness (QED) is 0.258. The molecule has 0 radical (unpaired) electrons. The first-order valence-electron chi connectivity index (χ1n) is 12.1. The molecule has 10 nitrogen and oxygen atoms in total. The summed E-state index contributed by atoms with van der Waals surface area (Å²) in [5, 5.41) is 14.2. The predicted molar refractivity (Wildman–Crippen MR) is 137 cm³/mol. The van der Waals surface area contributed by atoms with Crippen molar-refractivity contribution in [2.75, 3.05) is 19.7 Å². The fraction of sp³-hybridized carbons (Fsp3) is 0.250. The second kappa shape index (κ2) is 12.0. The highest BCUT2D eigenvalue weighted by molar-refractivity contribution is 5.99. The lowest BCUT2D eigenvalue weighted by Gasteiger charge is -2.25. The molecule has 2 atom stereocenters. The van der Waals surface area contributed by atoms with Gasteiger partial charge < -0.3 is 19.7 Å². The van der Waals surface area contributed by atoms with Gasteiger partial charge in [0.05, 0.1) is 36.1 Å². The van der Waals surface area contributed by atoms with Gasteiger partial charge in [-0.25, -0.2) is 0 Å². The third-order valence-corrected chi connectivity index (χ3v) is 6.07. The van der Waals surface area contributed by atoms with Crippen LogP contribution in [0.4, 0.5) is 5.69 Å². The van der Waals surface area contributed by atoms with E-state index in [0.29, 0.717) is 5.56 Å². The Morgan fingerprint density at radius 2 is 1.79 bits per heavy atom. The van der Waals surface area contributed by atoms with E-state index in [1.54, 1.807) is 31.2 Å². The molecule has 0 fully saturated rings. The summed E-state index contributed by atoms with van der Waals surface area (Å²) in [4.78, 5) is 51.0. The van der Waals surface area contributed by atoms with Gasteiger partial charge in [0.25, 0.3) is 11.6 Å². The summed E-state index contributed by atoms with van der Waals surface area (Å²) in [5.41, 5.74) is 1.22. The summed E-state index contributed by atoms with van der Waals surface area (Å²) in [6, 6.07) is 21.3. The fourth-order valence-corrected chi connectivity index (χ4v) is 4.26. The van der Waals surface area contributed by atoms with Gasteiger partial charge in [0.15, 0.2) is 0 Å². The molecule has 4 rings (SSSR count). The number of nitrogens with zero attached hydrogens (tertiary/aromatic N) is 2. The standard InChI is InChI=1S/C28H27N3O7/c1-2-37-27(33)16-23(19-9-5-3-6-10-19)29-26(32)18-30-17-25(20-11-7-4-8-12-20)38-24-14-13-21(31(35)36)15-22(24)28(30)34/h3-15,23,25H,2,16-18H2,1H3,(H,29,32)/t23?,25-/m1/s1. The van der Waals surface area contributed by atoms with Crippen LogP contribution in [0, 0.1) is 10.1 Å². The van der Waals surface area contributed by atoms with E-state index < -0.39 is 34.9 Å². The molecule has 3 aromatic rings. The number of rotatable bonds is 9. The van der Waals surface area contributed by atoms with Crippen molar-refractivity contribution < 1.29 is 28.8 Å². The van der Waals surface area contributed by atoms with Gasteiger partial charge >= 0.3 is 5.97 Å². The SMILES string of the molecule is CCOC(=O)CC(NC(=O)CN1C[C@H](c2ccccc2)Oc2ccc([N+](=O)[O-])cc2C1=O)c1ccccc1. The van der Waals surface area contributed by atoms with Crippen LogP contribution >= 0.6 is 0 Å². The third kappa shape index (κ3) is 6.33. The number of benzene rings is 3. The number of nitrogens with one attached hydrogen (secondary N) is 1. The van der Waals surface area contributed by atoms with E-state index in [4.69, 9.17) is 9.47 Å². The van der Waals surface area contributed by atoms with Crippen LogP contribution in [0.25, 0.3) is 0 Å². The highest BCUT2D eigenvalue weighted by Crippen LogP contribution is 2.33. The summed E-state index contributed by atoms with van der Waals surface area (Å²) in [6.45, 7) is 1.60. The number of ether oxygens (including phenoxy) is 2. The Labute approximate surface area is 219 Å². The molecule has 1 aliphatic heterocycles. The minimum atomic E-state index is -0.667. The summed E-state index contributed by atoms with van der Waals surface area (Å²) in [6.07, 6.45) is -0.692. The maximum absolute atomic E-state index is 13.5. The molecule has 1 N–H and O–H groups in total. The van der Waals surface area contributed by atoms with Gasteiger partial charge in [-0.2, -0.15) is 0 Å². The maximum atomic E-state index is 13.5. The Morgan fingerprint density at radius 1 is 1.11 bits per heavy atom. The lowest BCUT2D eigenvalue weighted by atomic mass is 10.0. The maximum Gasteiger partial charge on any atom is 0.308 e. The first kappa shape index (κ1) is 26.3. The zero-order valence-corrected chi connectivity index (χ0v) is 20.7. The van der Waals surface area contributed by atoms with Crippen molar-refractivity contribution in [3.63, 3.8) is 0 Å². The minimum Gasteiger partial charge on any atom is -0.483 e. The summed E-state index contributed by atoms with van der Waals surface area (Å²) < 4.78 is 11.2. The van der Waals surface area contributed by atoms with Crippen LogP contribution < -0.4 is 10.1 Å². The molecule has 196 valence electrons. The lowest BCUT2D eigenvalue weighted by Crippen LogP contribution is -2.43. The molecule has 0 bridgehead atoms. The molecule has 0 saturated carbocycles. The zero-order chi connectivity index (χ0) is 27.1. The van der Waals surface area contributed by atoms with Crippen molar-refractivity contribution in [3.05, 3.63) is 106 Å². The molecule has 0 aliphatic carbocycles. The molecule has 2 amide bonds. The van der Waals surface area contributed by atoms with Crippen molar-refractivity contribution in [2.45, 2.75) is 25.5 Å². The fourth-order valence-electron chi connectivity index (χ4n) is 4.26. The first-order valence-corrected chi connectivity index (χ1v) is 12.1. The van der Waals surface area contributed by atoms with Gasteiger partial charge in [-0.15, -0.1) is 0 Å². The van der Waals surface area contributed by atoms with E-state index >= 15 is 0 Å². The van der Waals surface area contributed by atoms with Crippen molar-refractivity contribution >= 4 is 23.5 Å². The van der Waals surface area contributed by atoms with Crippen LogP contribution in [-0.4, -0.2) is 47.3 Å². The van der Waals surface area contributed by atoms with Gasteiger partial charge in [0.2, 0.25) is 5.91 Å². The average molecular weight is 518 g/mol. The second-order valence-electron chi connectivity index (χ2n) is 8.68. The number of amides is 2. The zero-order valence-electron chi connectivity index (χ0n) is 20.7. The van der Waals surface area contributed by atoms with Crippen molar-refractivity contribution in [2.24, 2.45) is 0 Å². The summed E-state index contributed by atoms with van der Waals surface area (Å²) in [7, 11) is 0. The number of nitro benzene ring substituents is 1. The molecule has 1 unspecified atom stereocenters. The Bertz CT molecular complexity index is 1310. The lowest BCUT2D eigenvalue weighted by molar-refractivity contribution is -0.384. The Hall–Kier alpha value is -4.73. The molecular weight excluding hydrogens is 490 g/mol. The highest BCUT2D eigenvalue weighted by Gasteiger charge is 2.33. The number of hydrogen-bond acceptors (Lipinski definition) is 7. The third-order valence-electron chi connectivity index (χ3n) is 6.07. The molecule has 3 aromatic carbocycles. The Morgan fingerprint density at radius 3 is 2.45 bits per heavy atom. The van der Waals surface area contributed by atoms with Crippen molar-refractivity contribution in [1.29, 1.82) is 0 Å². The average Bonchev–Trinajstić information content (AvgIpc) is 3.05. The molecule has 0 saturated heterocycles. The van der Waals surface area contributed by atoms with Gasteiger partial charge in [0, 0.05) is 12.1 Å². The summed E-state index contributed by atoms with van der Waals surface area (Å²) in [5.74, 6) is -1.34. The topological polar surface area (TPSA) is 128 Å². The monoisotopic (exact) mass is 517 g/mol. The minimum absolute atomic E-state index is 0.00318. The normalized spacial score (nSPS) is 15.4. The predicted octanol–water partition coefficient (Wildman–Crippen LogP) is 3.98. The van der Waals surface area contributed by atoms with E-state index in [-0.39, 0.29) is 43.1 Å². The number of fused-ring (bicyclic) bond motifs is 1. The molecule has 10 heteroatoms. The van der Waals surface area contributed by atoms with E-state index in [1.807, 2.05) is 36.4 Å². The number of carbonyl (C=O) groups is 3. The Balaban J connectivity index is 1.60. The number of carbonyl (C=O) groups excluding carboxylic acids is 3. The van der Waals surface area contributed by atoms with Gasteiger partial charge in [-0.1, -0.05) is 60.7 Å². The number of esters is 1. The highest BCUT2D eigenvalue weighted by atomic mass is 16.6. The van der Waals surface area contributed by atoms with Crippen LogP contribution in [0.5, 0.6) is 5.75 Å². The molecule has 1 heterocycles.